The van der Waals surface area contributed by atoms with E-state index < -0.39 is 6.09 Å². The summed E-state index contributed by atoms with van der Waals surface area (Å²) in [7, 11) is 1.28. The van der Waals surface area contributed by atoms with Crippen molar-refractivity contribution in [2.24, 2.45) is 16.8 Å². The molecule has 0 aromatic heterocycles. The number of benzene rings is 1. The SMILES string of the molecule is COC(=O)NN(C(=O)C1C2CCC(O2)[C@H]1C1=NC=C(c2ccc(Br)cc2)C1)C(C)C. The van der Waals surface area contributed by atoms with E-state index in [4.69, 9.17) is 14.5 Å². The van der Waals surface area contributed by atoms with E-state index in [1.54, 1.807) is 0 Å². The Hall–Kier alpha value is -2.19. The molecule has 160 valence electrons. The lowest BCUT2D eigenvalue weighted by Crippen LogP contribution is -2.55. The van der Waals surface area contributed by atoms with Gasteiger partial charge in [-0.05, 0) is 50.0 Å². The maximum absolute atomic E-state index is 13.5. The Bertz CT molecular complexity index is 896. The number of nitrogens with one attached hydrogen (secondary N) is 1. The third-order valence-corrected chi connectivity index (χ3v) is 6.60. The molecule has 3 heterocycles. The number of aliphatic imine (C=N–C) groups is 1. The van der Waals surface area contributed by atoms with Crippen LogP contribution in [-0.2, 0) is 14.3 Å². The molecular weight excluding hydrogens is 450 g/mol. The molecule has 0 aliphatic carbocycles. The molecule has 1 aromatic carbocycles. The topological polar surface area (TPSA) is 80.2 Å². The van der Waals surface area contributed by atoms with Crippen LogP contribution in [0.4, 0.5) is 4.79 Å². The van der Waals surface area contributed by atoms with Gasteiger partial charge in [0, 0.05) is 34.8 Å². The van der Waals surface area contributed by atoms with E-state index in [9.17, 15) is 9.59 Å². The maximum atomic E-state index is 13.5. The van der Waals surface area contributed by atoms with Crippen molar-refractivity contribution < 1.29 is 19.1 Å². The predicted octanol–water partition coefficient (Wildman–Crippen LogP) is 3.94. The number of nitrogens with zero attached hydrogens (tertiary/aromatic N) is 2. The minimum Gasteiger partial charge on any atom is -0.452 e. The van der Waals surface area contributed by atoms with E-state index in [0.717, 1.165) is 34.2 Å². The highest BCUT2D eigenvalue weighted by Crippen LogP contribution is 2.47. The average molecular weight is 476 g/mol. The van der Waals surface area contributed by atoms with Crippen LogP contribution in [0.1, 0.15) is 38.7 Å². The zero-order valence-electron chi connectivity index (χ0n) is 17.3. The largest absolute Gasteiger partial charge is 0.452 e. The number of halogens is 1. The van der Waals surface area contributed by atoms with E-state index in [1.165, 1.54) is 12.1 Å². The first-order chi connectivity index (χ1) is 14.4. The number of methoxy groups -OCH3 is 1. The van der Waals surface area contributed by atoms with Gasteiger partial charge >= 0.3 is 6.09 Å². The standard InChI is InChI=1S/C22H26BrN3O4/c1-12(2)26(25-22(28)29-3)21(27)20-18-9-8-17(30-18)19(20)16-10-14(11-24-16)13-4-6-15(23)7-5-13/h4-7,11-12,17-20H,8-10H2,1-3H3,(H,25,28)/t17?,18?,19-,20?/m1/s1. The molecule has 3 aliphatic heterocycles. The van der Waals surface area contributed by atoms with Crippen molar-refractivity contribution in [1.29, 1.82) is 0 Å². The molecular formula is C22H26BrN3O4. The molecule has 2 amide bonds. The molecule has 0 spiro atoms. The van der Waals surface area contributed by atoms with Gasteiger partial charge in [0.2, 0.25) is 5.91 Å². The number of ether oxygens (including phenoxy) is 2. The Morgan fingerprint density at radius 1 is 1.23 bits per heavy atom. The van der Waals surface area contributed by atoms with Crippen molar-refractivity contribution in [2.75, 3.05) is 7.11 Å². The van der Waals surface area contributed by atoms with Crippen LogP contribution in [0, 0.1) is 11.8 Å². The fraction of sp³-hybridized carbons (Fsp3) is 0.500. The van der Waals surface area contributed by atoms with Crippen LogP contribution in [0.15, 0.2) is 39.9 Å². The third kappa shape index (κ3) is 3.90. The van der Waals surface area contributed by atoms with Crippen molar-refractivity contribution in [3.8, 4) is 0 Å². The number of carbonyl (C=O) groups is 2. The Morgan fingerprint density at radius 3 is 2.60 bits per heavy atom. The lowest BCUT2D eigenvalue weighted by Gasteiger charge is -2.34. The van der Waals surface area contributed by atoms with Gasteiger partial charge in [-0.15, -0.1) is 0 Å². The Kier molecular flexibility index (Phi) is 5.97. The smallest absolute Gasteiger partial charge is 0.425 e. The number of rotatable bonds is 4. The third-order valence-electron chi connectivity index (χ3n) is 6.07. The van der Waals surface area contributed by atoms with Crippen LogP contribution in [0.3, 0.4) is 0 Å². The normalized spacial score (nSPS) is 27.1. The molecule has 7 nitrogen and oxygen atoms in total. The number of hydrogen-bond donors (Lipinski definition) is 1. The van der Waals surface area contributed by atoms with Gasteiger partial charge in [0.05, 0.1) is 25.2 Å². The van der Waals surface area contributed by atoms with Gasteiger partial charge in [0.15, 0.2) is 0 Å². The summed E-state index contributed by atoms with van der Waals surface area (Å²) in [5.41, 5.74) is 5.81. The van der Waals surface area contributed by atoms with Crippen LogP contribution in [0.5, 0.6) is 0 Å². The molecule has 4 atom stereocenters. The summed E-state index contributed by atoms with van der Waals surface area (Å²) in [5, 5.41) is 1.37. The average Bonchev–Trinajstić information content (AvgIpc) is 3.47. The zero-order chi connectivity index (χ0) is 21.4. The van der Waals surface area contributed by atoms with E-state index in [1.807, 2.05) is 32.2 Å². The highest BCUT2D eigenvalue weighted by atomic mass is 79.9. The fourth-order valence-corrected chi connectivity index (χ4v) is 4.91. The summed E-state index contributed by atoms with van der Waals surface area (Å²) in [6, 6.07) is 7.95. The van der Waals surface area contributed by atoms with Crippen LogP contribution in [-0.4, -0.2) is 48.1 Å². The second-order valence-corrected chi connectivity index (χ2v) is 9.12. The molecule has 2 saturated heterocycles. The molecule has 0 saturated carbocycles. The Labute approximate surface area is 184 Å². The number of carbonyl (C=O) groups excluding carboxylic acids is 2. The second kappa shape index (κ2) is 8.51. The van der Waals surface area contributed by atoms with Crippen LogP contribution in [0.2, 0.25) is 0 Å². The molecule has 2 bridgehead atoms. The van der Waals surface area contributed by atoms with Gasteiger partial charge in [-0.3, -0.25) is 9.79 Å². The highest BCUT2D eigenvalue weighted by Gasteiger charge is 2.55. The number of hydrazine groups is 1. The summed E-state index contributed by atoms with van der Waals surface area (Å²) >= 11 is 3.47. The van der Waals surface area contributed by atoms with Crippen molar-refractivity contribution in [1.82, 2.24) is 10.4 Å². The minimum atomic E-state index is -0.657. The summed E-state index contributed by atoms with van der Waals surface area (Å²) < 4.78 is 11.9. The molecule has 30 heavy (non-hydrogen) atoms. The second-order valence-electron chi connectivity index (χ2n) is 8.21. The molecule has 4 rings (SSSR count). The fourth-order valence-electron chi connectivity index (χ4n) is 4.65. The molecule has 3 aliphatic rings. The minimum absolute atomic E-state index is 0.00694. The van der Waals surface area contributed by atoms with Crippen LogP contribution in [0.25, 0.3) is 5.57 Å². The highest BCUT2D eigenvalue weighted by molar-refractivity contribution is 9.10. The Balaban J connectivity index is 1.53. The van der Waals surface area contributed by atoms with Gasteiger partial charge in [0.25, 0.3) is 0 Å². The van der Waals surface area contributed by atoms with Gasteiger partial charge in [0.1, 0.15) is 0 Å². The molecule has 1 N–H and O–H groups in total. The number of allylic oxidation sites excluding steroid dienone is 1. The molecule has 0 radical (unpaired) electrons. The van der Waals surface area contributed by atoms with Crippen molar-refractivity contribution in [2.45, 2.75) is 51.4 Å². The van der Waals surface area contributed by atoms with Crippen molar-refractivity contribution >= 4 is 39.2 Å². The van der Waals surface area contributed by atoms with Gasteiger partial charge in [-0.2, -0.15) is 0 Å². The predicted molar refractivity (Wildman–Crippen MR) is 117 cm³/mol. The van der Waals surface area contributed by atoms with E-state index in [-0.39, 0.29) is 36.0 Å². The maximum Gasteiger partial charge on any atom is 0.425 e. The first kappa shape index (κ1) is 21.1. The summed E-state index contributed by atoms with van der Waals surface area (Å²) in [4.78, 5) is 30.0. The van der Waals surface area contributed by atoms with Gasteiger partial charge in [-0.25, -0.2) is 15.2 Å². The first-order valence-corrected chi connectivity index (χ1v) is 11.0. The van der Waals surface area contributed by atoms with Gasteiger partial charge in [-0.1, -0.05) is 28.1 Å². The number of fused-ring (bicyclic) bond motifs is 2. The first-order valence-electron chi connectivity index (χ1n) is 10.2. The molecule has 2 fully saturated rings. The monoisotopic (exact) mass is 475 g/mol. The number of amides is 2. The number of hydrogen-bond acceptors (Lipinski definition) is 5. The molecule has 1 aromatic rings. The van der Waals surface area contributed by atoms with E-state index in [2.05, 4.69) is 33.5 Å². The zero-order valence-corrected chi connectivity index (χ0v) is 18.9. The summed E-state index contributed by atoms with van der Waals surface area (Å²) in [5.74, 6) is -0.590. The van der Waals surface area contributed by atoms with Crippen molar-refractivity contribution in [3.05, 3.63) is 40.5 Å². The Morgan fingerprint density at radius 2 is 1.93 bits per heavy atom. The molecule has 8 heteroatoms. The summed E-state index contributed by atoms with van der Waals surface area (Å²) in [6.07, 6.45) is 3.57. The quantitative estimate of drug-likeness (QED) is 0.668. The van der Waals surface area contributed by atoms with Gasteiger partial charge < -0.3 is 9.47 Å². The lowest BCUT2D eigenvalue weighted by molar-refractivity contribution is -0.142. The van der Waals surface area contributed by atoms with Crippen LogP contribution < -0.4 is 5.43 Å². The van der Waals surface area contributed by atoms with E-state index in [0.29, 0.717) is 6.42 Å². The summed E-state index contributed by atoms with van der Waals surface area (Å²) in [6.45, 7) is 3.72. The van der Waals surface area contributed by atoms with Crippen LogP contribution >= 0.6 is 15.9 Å². The molecule has 3 unspecified atom stereocenters. The van der Waals surface area contributed by atoms with E-state index >= 15 is 0 Å². The lowest BCUT2D eigenvalue weighted by atomic mass is 9.74. The van der Waals surface area contributed by atoms with Crippen molar-refractivity contribution in [3.63, 3.8) is 0 Å².